The van der Waals surface area contributed by atoms with E-state index in [0.717, 1.165) is 0 Å². The van der Waals surface area contributed by atoms with Gasteiger partial charge in [-0.05, 0) is 24.1 Å². The summed E-state index contributed by atoms with van der Waals surface area (Å²) in [5, 5.41) is 9.69. The molecule has 1 aromatic rings. The molecular weight excluding hydrogens is 286 g/mol. The van der Waals surface area contributed by atoms with Crippen molar-refractivity contribution in [2.45, 2.75) is 32.2 Å². The van der Waals surface area contributed by atoms with E-state index in [4.69, 9.17) is 5.73 Å². The zero-order valence-electron chi connectivity index (χ0n) is 10.4. The molecule has 1 rings (SSSR count). The van der Waals surface area contributed by atoms with Crippen LogP contribution >= 0.6 is 12.4 Å². The standard InChI is InChI=1S/C12H15F4NO.ClH/c1-6(2)11(18)10(17)8-5-7(12(14,15)16)3-4-9(8)13;/h3-6,10-11,18H,17H2,1-2H3;1H/t10-,11+;/m0./s1. The summed E-state index contributed by atoms with van der Waals surface area (Å²) in [5.74, 6) is -1.14. The van der Waals surface area contributed by atoms with Crippen molar-refractivity contribution < 1.29 is 22.7 Å². The zero-order chi connectivity index (χ0) is 14.1. The summed E-state index contributed by atoms with van der Waals surface area (Å²) in [5.41, 5.74) is 4.29. The number of hydrogen-bond donors (Lipinski definition) is 2. The molecule has 110 valence electrons. The van der Waals surface area contributed by atoms with Gasteiger partial charge in [-0.3, -0.25) is 0 Å². The maximum absolute atomic E-state index is 13.5. The second kappa shape index (κ2) is 6.54. The molecule has 0 aliphatic rings. The van der Waals surface area contributed by atoms with Crippen molar-refractivity contribution in [3.8, 4) is 0 Å². The van der Waals surface area contributed by atoms with E-state index < -0.39 is 29.7 Å². The smallest absolute Gasteiger partial charge is 0.391 e. The van der Waals surface area contributed by atoms with Crippen LogP contribution in [-0.4, -0.2) is 11.2 Å². The molecule has 0 bridgehead atoms. The highest BCUT2D eigenvalue weighted by molar-refractivity contribution is 5.85. The molecule has 3 N–H and O–H groups in total. The Morgan fingerprint density at radius 1 is 1.21 bits per heavy atom. The Kier molecular flexibility index (Phi) is 6.25. The maximum Gasteiger partial charge on any atom is 0.416 e. The Morgan fingerprint density at radius 2 is 1.74 bits per heavy atom. The van der Waals surface area contributed by atoms with E-state index in [1.54, 1.807) is 13.8 Å². The fourth-order valence-corrected chi connectivity index (χ4v) is 1.57. The summed E-state index contributed by atoms with van der Waals surface area (Å²) in [7, 11) is 0. The maximum atomic E-state index is 13.5. The van der Waals surface area contributed by atoms with E-state index in [0.29, 0.717) is 18.2 Å². The Hall–Kier alpha value is -0.850. The van der Waals surface area contributed by atoms with Crippen molar-refractivity contribution in [3.63, 3.8) is 0 Å². The van der Waals surface area contributed by atoms with E-state index in [2.05, 4.69) is 0 Å². The number of nitrogens with two attached hydrogens (primary N) is 1. The van der Waals surface area contributed by atoms with E-state index >= 15 is 0 Å². The van der Waals surface area contributed by atoms with Gasteiger partial charge < -0.3 is 10.8 Å². The molecule has 0 amide bonds. The molecule has 0 saturated heterocycles. The van der Waals surface area contributed by atoms with Gasteiger partial charge in [0.2, 0.25) is 0 Å². The fourth-order valence-electron chi connectivity index (χ4n) is 1.57. The van der Waals surface area contributed by atoms with Crippen LogP contribution in [0.5, 0.6) is 0 Å². The topological polar surface area (TPSA) is 46.2 Å². The molecule has 0 aliphatic heterocycles. The Bertz CT molecular complexity index is 423. The molecule has 2 nitrogen and oxygen atoms in total. The second-order valence-electron chi connectivity index (χ2n) is 4.49. The minimum Gasteiger partial charge on any atom is -0.391 e. The van der Waals surface area contributed by atoms with Crippen molar-refractivity contribution in [2.75, 3.05) is 0 Å². The highest BCUT2D eigenvalue weighted by atomic mass is 35.5. The molecule has 0 spiro atoms. The van der Waals surface area contributed by atoms with E-state index in [1.165, 1.54) is 0 Å². The summed E-state index contributed by atoms with van der Waals surface area (Å²) in [6, 6.07) is 0.816. The van der Waals surface area contributed by atoms with Gasteiger partial charge in [0.25, 0.3) is 0 Å². The Balaban J connectivity index is 0.00000324. The van der Waals surface area contributed by atoms with E-state index in [9.17, 15) is 22.7 Å². The van der Waals surface area contributed by atoms with Crippen LogP contribution in [0.4, 0.5) is 17.6 Å². The SMILES string of the molecule is CC(C)[C@@H](O)[C@@H](N)c1cc(C(F)(F)F)ccc1F.Cl. The predicted octanol–water partition coefficient (Wildman–Crippen LogP) is 3.28. The summed E-state index contributed by atoms with van der Waals surface area (Å²) >= 11 is 0. The molecule has 0 radical (unpaired) electrons. The van der Waals surface area contributed by atoms with Crippen LogP contribution in [0.2, 0.25) is 0 Å². The molecular formula is C12H16ClF4NO. The minimum atomic E-state index is -4.56. The van der Waals surface area contributed by atoms with Crippen LogP contribution in [0.25, 0.3) is 0 Å². The van der Waals surface area contributed by atoms with Gasteiger partial charge in [-0.1, -0.05) is 13.8 Å². The van der Waals surface area contributed by atoms with Crippen LogP contribution in [-0.2, 0) is 6.18 Å². The van der Waals surface area contributed by atoms with Crippen molar-refractivity contribution >= 4 is 12.4 Å². The Morgan fingerprint density at radius 3 is 2.16 bits per heavy atom. The van der Waals surface area contributed by atoms with Gasteiger partial charge in [-0.15, -0.1) is 12.4 Å². The number of aliphatic hydroxyl groups is 1. The lowest BCUT2D eigenvalue weighted by Gasteiger charge is -2.23. The van der Waals surface area contributed by atoms with Crippen molar-refractivity contribution in [2.24, 2.45) is 11.7 Å². The number of halogens is 5. The van der Waals surface area contributed by atoms with Crippen molar-refractivity contribution in [1.82, 2.24) is 0 Å². The highest BCUT2D eigenvalue weighted by Gasteiger charge is 2.32. The zero-order valence-corrected chi connectivity index (χ0v) is 11.2. The quantitative estimate of drug-likeness (QED) is 0.842. The first-order valence-corrected chi connectivity index (χ1v) is 5.45. The fraction of sp³-hybridized carbons (Fsp3) is 0.500. The second-order valence-corrected chi connectivity index (χ2v) is 4.49. The van der Waals surface area contributed by atoms with E-state index in [-0.39, 0.29) is 23.9 Å². The summed E-state index contributed by atoms with van der Waals surface area (Å²) < 4.78 is 51.0. The van der Waals surface area contributed by atoms with Crippen molar-refractivity contribution in [3.05, 3.63) is 35.1 Å². The molecule has 0 aromatic heterocycles. The highest BCUT2D eigenvalue weighted by Crippen LogP contribution is 2.32. The molecule has 0 heterocycles. The summed E-state index contributed by atoms with van der Waals surface area (Å²) in [4.78, 5) is 0. The predicted molar refractivity (Wildman–Crippen MR) is 66.4 cm³/mol. The summed E-state index contributed by atoms with van der Waals surface area (Å²) in [6.45, 7) is 3.30. The largest absolute Gasteiger partial charge is 0.416 e. The third-order valence-corrected chi connectivity index (χ3v) is 2.73. The number of hydrogen-bond acceptors (Lipinski definition) is 2. The average Bonchev–Trinajstić information content (AvgIpc) is 2.26. The molecule has 2 atom stereocenters. The van der Waals surface area contributed by atoms with Gasteiger partial charge in [0.1, 0.15) is 5.82 Å². The van der Waals surface area contributed by atoms with Crippen LogP contribution in [0.3, 0.4) is 0 Å². The molecule has 0 fully saturated rings. The van der Waals surface area contributed by atoms with Crippen LogP contribution in [0.15, 0.2) is 18.2 Å². The minimum absolute atomic E-state index is 0. The third kappa shape index (κ3) is 4.33. The van der Waals surface area contributed by atoms with Gasteiger partial charge in [0.15, 0.2) is 0 Å². The third-order valence-electron chi connectivity index (χ3n) is 2.73. The van der Waals surface area contributed by atoms with Crippen LogP contribution in [0.1, 0.15) is 31.0 Å². The monoisotopic (exact) mass is 301 g/mol. The van der Waals surface area contributed by atoms with Gasteiger partial charge in [-0.25, -0.2) is 4.39 Å². The lowest BCUT2D eigenvalue weighted by Crippen LogP contribution is -2.31. The van der Waals surface area contributed by atoms with Crippen LogP contribution < -0.4 is 5.73 Å². The first-order chi connectivity index (χ1) is 8.14. The molecule has 0 saturated carbocycles. The van der Waals surface area contributed by atoms with Gasteiger partial charge >= 0.3 is 6.18 Å². The van der Waals surface area contributed by atoms with Crippen molar-refractivity contribution in [1.29, 1.82) is 0 Å². The van der Waals surface area contributed by atoms with Gasteiger partial charge in [-0.2, -0.15) is 13.2 Å². The number of benzene rings is 1. The lowest BCUT2D eigenvalue weighted by atomic mass is 9.93. The molecule has 0 aliphatic carbocycles. The average molecular weight is 302 g/mol. The number of rotatable bonds is 3. The lowest BCUT2D eigenvalue weighted by molar-refractivity contribution is -0.137. The van der Waals surface area contributed by atoms with Gasteiger partial charge in [0, 0.05) is 5.56 Å². The molecule has 19 heavy (non-hydrogen) atoms. The number of alkyl halides is 3. The normalized spacial score (nSPS) is 15.0. The molecule has 1 aromatic carbocycles. The van der Waals surface area contributed by atoms with E-state index in [1.807, 2.05) is 0 Å². The first-order valence-electron chi connectivity index (χ1n) is 5.45. The van der Waals surface area contributed by atoms with Crippen LogP contribution in [0, 0.1) is 11.7 Å². The summed E-state index contributed by atoms with van der Waals surface area (Å²) in [6.07, 6.45) is -5.67. The first kappa shape index (κ1) is 18.1. The molecule has 7 heteroatoms. The van der Waals surface area contributed by atoms with Gasteiger partial charge in [0.05, 0.1) is 17.7 Å². The Labute approximate surface area is 115 Å². The number of aliphatic hydroxyl groups excluding tert-OH is 1. The molecule has 0 unspecified atom stereocenters.